The van der Waals surface area contributed by atoms with Crippen LogP contribution in [0, 0.1) is 11.6 Å². The molecule has 1 aromatic carbocycles. The van der Waals surface area contributed by atoms with Crippen LogP contribution >= 0.6 is 15.9 Å². The van der Waals surface area contributed by atoms with Gasteiger partial charge in [-0.25, -0.2) is 8.78 Å². The number of hydrogen-bond acceptors (Lipinski definition) is 1. The molecule has 0 aliphatic carbocycles. The van der Waals surface area contributed by atoms with E-state index in [-0.39, 0.29) is 17.4 Å². The van der Waals surface area contributed by atoms with Crippen molar-refractivity contribution in [2.45, 2.75) is 31.5 Å². The maximum atomic E-state index is 13.7. The largest absolute Gasteiger partial charge is 0.408 e. The van der Waals surface area contributed by atoms with Crippen molar-refractivity contribution < 1.29 is 26.7 Å². The summed E-state index contributed by atoms with van der Waals surface area (Å²) in [6.07, 6.45) is -4.07. The van der Waals surface area contributed by atoms with Gasteiger partial charge in [0.1, 0.15) is 17.7 Å². The summed E-state index contributed by atoms with van der Waals surface area (Å²) in [6.45, 7) is -0.125. The van der Waals surface area contributed by atoms with Crippen LogP contribution < -0.4 is 0 Å². The van der Waals surface area contributed by atoms with Crippen molar-refractivity contribution in [3.8, 4) is 0 Å². The van der Waals surface area contributed by atoms with Crippen LogP contribution in [0.3, 0.4) is 0 Å². The fraction of sp³-hybridized carbons (Fsp3) is 0.462. The lowest BCUT2D eigenvalue weighted by atomic mass is 10.00. The Hall–Kier alpha value is -1.18. The summed E-state index contributed by atoms with van der Waals surface area (Å²) in [4.78, 5) is 12.7. The zero-order valence-corrected chi connectivity index (χ0v) is 12.3. The Morgan fingerprint density at radius 2 is 1.86 bits per heavy atom. The first kappa shape index (κ1) is 16.2. The highest BCUT2D eigenvalue weighted by Gasteiger charge is 2.46. The van der Waals surface area contributed by atoms with Gasteiger partial charge in [0.2, 0.25) is 0 Å². The highest BCUT2D eigenvalue weighted by Crippen LogP contribution is 2.33. The predicted octanol–water partition coefficient (Wildman–Crippen LogP) is 4.28. The van der Waals surface area contributed by atoms with Gasteiger partial charge in [0.05, 0.1) is 10.0 Å². The van der Waals surface area contributed by atoms with Crippen LogP contribution in [0.15, 0.2) is 16.6 Å². The number of halogens is 6. The van der Waals surface area contributed by atoms with Crippen LogP contribution in [0.25, 0.3) is 0 Å². The molecule has 2 rings (SSSR count). The Balaban J connectivity index is 2.36. The van der Waals surface area contributed by atoms with Crippen LogP contribution in [-0.2, 0) is 0 Å². The molecule has 0 spiro atoms. The Morgan fingerprint density at radius 3 is 2.48 bits per heavy atom. The van der Waals surface area contributed by atoms with E-state index in [2.05, 4.69) is 15.9 Å². The molecule has 2 nitrogen and oxygen atoms in total. The maximum Gasteiger partial charge on any atom is 0.408 e. The van der Waals surface area contributed by atoms with Gasteiger partial charge in [-0.05, 0) is 47.3 Å². The number of nitrogens with zero attached hydrogens (tertiary/aromatic N) is 1. The summed E-state index contributed by atoms with van der Waals surface area (Å²) in [6, 6.07) is -0.608. The Morgan fingerprint density at radius 1 is 1.19 bits per heavy atom. The number of likely N-dealkylation sites (tertiary alicyclic amines) is 1. The summed E-state index contributed by atoms with van der Waals surface area (Å²) in [5, 5.41) is 0. The number of alkyl halides is 3. The van der Waals surface area contributed by atoms with E-state index in [1.807, 2.05) is 0 Å². The molecule has 1 aromatic rings. The van der Waals surface area contributed by atoms with E-state index in [1.165, 1.54) is 0 Å². The predicted molar refractivity (Wildman–Crippen MR) is 68.8 cm³/mol. The van der Waals surface area contributed by atoms with Gasteiger partial charge in [0, 0.05) is 6.54 Å². The van der Waals surface area contributed by atoms with Crippen LogP contribution in [0.1, 0.15) is 29.6 Å². The number of carbonyl (C=O) groups excluding carboxylic acids is 1. The third-order valence-corrected chi connectivity index (χ3v) is 3.99. The first-order valence-electron chi connectivity index (χ1n) is 6.24. The summed E-state index contributed by atoms with van der Waals surface area (Å²) >= 11 is 2.75. The first-order chi connectivity index (χ1) is 9.71. The first-order valence-corrected chi connectivity index (χ1v) is 7.03. The van der Waals surface area contributed by atoms with Crippen molar-refractivity contribution in [2.24, 2.45) is 0 Å². The molecule has 0 N–H and O–H groups in total. The van der Waals surface area contributed by atoms with Gasteiger partial charge in [-0.2, -0.15) is 13.2 Å². The van der Waals surface area contributed by atoms with Crippen molar-refractivity contribution in [1.29, 1.82) is 0 Å². The van der Waals surface area contributed by atoms with E-state index < -0.39 is 35.3 Å². The number of carbonyl (C=O) groups is 1. The quantitative estimate of drug-likeness (QED) is 0.532. The van der Waals surface area contributed by atoms with E-state index in [4.69, 9.17) is 0 Å². The summed E-state index contributed by atoms with van der Waals surface area (Å²) in [5.41, 5.74) is -0.688. The number of rotatable bonds is 1. The third-order valence-electron chi connectivity index (χ3n) is 3.38. The summed E-state index contributed by atoms with van der Waals surface area (Å²) < 4.78 is 65.8. The van der Waals surface area contributed by atoms with Crippen LogP contribution in [0.4, 0.5) is 22.0 Å². The van der Waals surface area contributed by atoms with Gasteiger partial charge in [0.25, 0.3) is 5.91 Å². The zero-order valence-electron chi connectivity index (χ0n) is 10.7. The second-order valence-corrected chi connectivity index (χ2v) is 5.65. The van der Waals surface area contributed by atoms with Crippen molar-refractivity contribution in [3.63, 3.8) is 0 Å². The molecule has 1 unspecified atom stereocenters. The molecule has 0 saturated carbocycles. The molecular formula is C13H11BrF5NO. The normalized spacial score (nSPS) is 19.7. The van der Waals surface area contributed by atoms with E-state index in [0.717, 1.165) is 6.07 Å². The zero-order chi connectivity index (χ0) is 15.8. The minimum atomic E-state index is -4.58. The summed E-state index contributed by atoms with van der Waals surface area (Å²) in [7, 11) is 0. The van der Waals surface area contributed by atoms with Gasteiger partial charge < -0.3 is 4.90 Å². The molecule has 21 heavy (non-hydrogen) atoms. The fourth-order valence-electron chi connectivity index (χ4n) is 2.36. The molecule has 0 bridgehead atoms. The molecule has 1 aliphatic heterocycles. The third kappa shape index (κ3) is 3.36. The van der Waals surface area contributed by atoms with Crippen molar-refractivity contribution in [3.05, 3.63) is 33.8 Å². The smallest absolute Gasteiger partial charge is 0.326 e. The van der Waals surface area contributed by atoms with Gasteiger partial charge in [-0.15, -0.1) is 0 Å². The van der Waals surface area contributed by atoms with Crippen molar-refractivity contribution in [2.75, 3.05) is 6.54 Å². The van der Waals surface area contributed by atoms with E-state index in [1.54, 1.807) is 0 Å². The molecule has 1 saturated heterocycles. The topological polar surface area (TPSA) is 20.3 Å². The minimum absolute atomic E-state index is 0.125. The Bertz CT molecular complexity index is 560. The number of hydrogen-bond donors (Lipinski definition) is 0. The highest BCUT2D eigenvalue weighted by molar-refractivity contribution is 9.10. The van der Waals surface area contributed by atoms with E-state index in [9.17, 15) is 26.7 Å². The van der Waals surface area contributed by atoms with Gasteiger partial charge in [-0.3, -0.25) is 4.79 Å². The number of amides is 1. The lowest BCUT2D eigenvalue weighted by Gasteiger charge is -2.36. The second-order valence-electron chi connectivity index (χ2n) is 4.80. The monoisotopic (exact) mass is 371 g/mol. The Labute approximate surface area is 126 Å². The number of benzene rings is 1. The second kappa shape index (κ2) is 5.90. The molecule has 8 heteroatoms. The van der Waals surface area contributed by atoms with Gasteiger partial charge in [0.15, 0.2) is 0 Å². The van der Waals surface area contributed by atoms with Crippen molar-refractivity contribution >= 4 is 21.8 Å². The molecule has 116 valence electrons. The molecule has 1 fully saturated rings. The van der Waals surface area contributed by atoms with Crippen LogP contribution in [-0.4, -0.2) is 29.6 Å². The number of piperidine rings is 1. The maximum absolute atomic E-state index is 13.7. The standard InChI is InChI=1S/C13H11BrF5NO/c14-8-6-9(15)7(5-10(8)16)12(21)20-4-2-1-3-11(20)13(17,18)19/h5-6,11H,1-4H2. The van der Waals surface area contributed by atoms with Crippen LogP contribution in [0.2, 0.25) is 0 Å². The van der Waals surface area contributed by atoms with Gasteiger partial charge >= 0.3 is 6.18 Å². The van der Waals surface area contributed by atoms with E-state index >= 15 is 0 Å². The molecular weight excluding hydrogens is 361 g/mol. The van der Waals surface area contributed by atoms with E-state index in [0.29, 0.717) is 23.8 Å². The molecule has 1 atom stereocenters. The fourth-order valence-corrected chi connectivity index (χ4v) is 2.67. The average molecular weight is 372 g/mol. The summed E-state index contributed by atoms with van der Waals surface area (Å²) in [5.74, 6) is -3.10. The van der Waals surface area contributed by atoms with Crippen LogP contribution in [0.5, 0.6) is 0 Å². The highest BCUT2D eigenvalue weighted by atomic mass is 79.9. The minimum Gasteiger partial charge on any atom is -0.326 e. The SMILES string of the molecule is O=C(c1cc(F)c(Br)cc1F)N1CCCCC1C(F)(F)F. The van der Waals surface area contributed by atoms with Crippen molar-refractivity contribution in [1.82, 2.24) is 4.90 Å². The molecule has 1 heterocycles. The molecule has 0 aromatic heterocycles. The molecule has 1 amide bonds. The molecule has 0 radical (unpaired) electrons. The van der Waals surface area contributed by atoms with Gasteiger partial charge in [-0.1, -0.05) is 0 Å². The average Bonchev–Trinajstić information content (AvgIpc) is 2.41. The molecule has 1 aliphatic rings. The Kier molecular flexibility index (Phi) is 4.55. The lowest BCUT2D eigenvalue weighted by Crippen LogP contribution is -2.51. The lowest BCUT2D eigenvalue weighted by molar-refractivity contribution is -0.183.